The molecule has 1 atom stereocenters. The van der Waals surface area contributed by atoms with Crippen LogP contribution in [0.4, 0.5) is 4.79 Å². The van der Waals surface area contributed by atoms with Crippen LogP contribution in [0, 0.1) is 5.92 Å². The third kappa shape index (κ3) is 4.89. The number of carbonyl (C=O) groups is 3. The van der Waals surface area contributed by atoms with Gasteiger partial charge < -0.3 is 14.4 Å². The van der Waals surface area contributed by atoms with Gasteiger partial charge in [-0.2, -0.15) is 0 Å². The number of ether oxygens (including phenoxy) is 2. The average Bonchev–Trinajstić information content (AvgIpc) is 2.48. The summed E-state index contributed by atoms with van der Waals surface area (Å²) in [5.41, 5.74) is -0.603. The van der Waals surface area contributed by atoms with Crippen LogP contribution in [0.5, 0.6) is 0 Å². The van der Waals surface area contributed by atoms with Gasteiger partial charge in [-0.15, -0.1) is 0 Å². The molecule has 6 heteroatoms. The Balaban J connectivity index is 2.75. The largest absolute Gasteiger partial charge is 0.469 e. The smallest absolute Gasteiger partial charge is 0.410 e. The van der Waals surface area contributed by atoms with Gasteiger partial charge in [0.05, 0.1) is 13.0 Å². The van der Waals surface area contributed by atoms with Crippen LogP contribution in [-0.2, 0) is 19.1 Å². The molecule has 108 valence electrons. The SMILES string of the molecule is COC(=O)C1CC(=O)CCN(C(=O)OC(C)(C)C)C1. The van der Waals surface area contributed by atoms with E-state index in [2.05, 4.69) is 4.74 Å². The second kappa shape index (κ2) is 6.04. The second-order valence-electron chi connectivity index (χ2n) is 5.64. The van der Waals surface area contributed by atoms with E-state index in [4.69, 9.17) is 4.74 Å². The Hall–Kier alpha value is -1.59. The standard InChI is InChI=1S/C13H21NO5/c1-13(2,3)19-12(17)14-6-5-10(15)7-9(8-14)11(16)18-4/h9H,5-8H2,1-4H3. The minimum absolute atomic E-state index is 0.0403. The molecule has 1 aliphatic rings. The van der Waals surface area contributed by atoms with Crippen molar-refractivity contribution in [2.45, 2.75) is 39.2 Å². The summed E-state index contributed by atoms with van der Waals surface area (Å²) < 4.78 is 9.91. The molecule has 1 rings (SSSR count). The number of methoxy groups -OCH3 is 1. The van der Waals surface area contributed by atoms with E-state index in [9.17, 15) is 14.4 Å². The first-order chi connectivity index (χ1) is 8.73. The molecule has 0 aliphatic carbocycles. The van der Waals surface area contributed by atoms with E-state index in [-0.39, 0.29) is 31.7 Å². The Labute approximate surface area is 113 Å². The first kappa shape index (κ1) is 15.5. The zero-order valence-corrected chi connectivity index (χ0v) is 11.9. The molecular formula is C13H21NO5. The van der Waals surface area contributed by atoms with Crippen LogP contribution in [0.3, 0.4) is 0 Å². The van der Waals surface area contributed by atoms with Gasteiger partial charge in [0, 0.05) is 25.9 Å². The summed E-state index contributed by atoms with van der Waals surface area (Å²) in [7, 11) is 1.27. The quantitative estimate of drug-likeness (QED) is 0.674. The number of nitrogens with zero attached hydrogens (tertiary/aromatic N) is 1. The summed E-state index contributed by atoms with van der Waals surface area (Å²) in [5, 5.41) is 0. The second-order valence-corrected chi connectivity index (χ2v) is 5.64. The average molecular weight is 271 g/mol. The van der Waals surface area contributed by atoms with Gasteiger partial charge in [0.1, 0.15) is 11.4 Å². The van der Waals surface area contributed by atoms with Gasteiger partial charge in [0.15, 0.2) is 0 Å². The molecule has 0 aromatic heterocycles. The lowest BCUT2D eigenvalue weighted by atomic mass is 10.0. The van der Waals surface area contributed by atoms with Crippen LogP contribution in [-0.4, -0.2) is 48.5 Å². The van der Waals surface area contributed by atoms with Crippen molar-refractivity contribution < 1.29 is 23.9 Å². The van der Waals surface area contributed by atoms with Crippen LogP contribution < -0.4 is 0 Å². The molecule has 0 radical (unpaired) electrons. The fourth-order valence-corrected chi connectivity index (χ4v) is 1.88. The lowest BCUT2D eigenvalue weighted by Gasteiger charge is -2.27. The van der Waals surface area contributed by atoms with E-state index in [0.29, 0.717) is 0 Å². The molecule has 19 heavy (non-hydrogen) atoms. The van der Waals surface area contributed by atoms with Crippen molar-refractivity contribution >= 4 is 17.8 Å². The van der Waals surface area contributed by atoms with Crippen molar-refractivity contribution in [3.63, 3.8) is 0 Å². The highest BCUT2D eigenvalue weighted by atomic mass is 16.6. The maximum Gasteiger partial charge on any atom is 0.410 e. The number of Topliss-reactive ketones (excluding diaryl/α,β-unsaturated/α-hetero) is 1. The summed E-state index contributed by atoms with van der Waals surface area (Å²) in [6.07, 6.45) is -0.144. The van der Waals surface area contributed by atoms with Crippen molar-refractivity contribution in [1.82, 2.24) is 4.90 Å². The lowest BCUT2D eigenvalue weighted by molar-refractivity contribution is -0.147. The van der Waals surface area contributed by atoms with Crippen molar-refractivity contribution in [3.8, 4) is 0 Å². The Morgan fingerprint density at radius 2 is 1.95 bits per heavy atom. The Morgan fingerprint density at radius 1 is 1.32 bits per heavy atom. The van der Waals surface area contributed by atoms with Gasteiger partial charge in [0.25, 0.3) is 0 Å². The minimum Gasteiger partial charge on any atom is -0.469 e. The highest BCUT2D eigenvalue weighted by molar-refractivity contribution is 5.86. The van der Waals surface area contributed by atoms with E-state index < -0.39 is 23.6 Å². The molecule has 1 fully saturated rings. The summed E-state index contributed by atoms with van der Waals surface area (Å²) in [4.78, 5) is 36.5. The van der Waals surface area contributed by atoms with E-state index in [1.807, 2.05) is 0 Å². The lowest BCUT2D eigenvalue weighted by Crippen LogP contribution is -2.40. The molecule has 1 amide bonds. The van der Waals surface area contributed by atoms with Gasteiger partial charge in [-0.25, -0.2) is 4.79 Å². The van der Waals surface area contributed by atoms with Gasteiger partial charge in [-0.05, 0) is 20.8 Å². The minimum atomic E-state index is -0.604. The van der Waals surface area contributed by atoms with Crippen molar-refractivity contribution in [2.75, 3.05) is 20.2 Å². The van der Waals surface area contributed by atoms with Crippen LogP contribution >= 0.6 is 0 Å². The molecule has 0 aromatic rings. The molecule has 0 aromatic carbocycles. The fraction of sp³-hybridized carbons (Fsp3) is 0.769. The van der Waals surface area contributed by atoms with Crippen molar-refractivity contribution in [1.29, 1.82) is 0 Å². The van der Waals surface area contributed by atoms with Gasteiger partial charge >= 0.3 is 12.1 Å². The number of carbonyl (C=O) groups excluding carboxylic acids is 3. The van der Waals surface area contributed by atoms with Crippen molar-refractivity contribution in [3.05, 3.63) is 0 Å². The van der Waals surface area contributed by atoms with Crippen LogP contribution in [0.15, 0.2) is 0 Å². The van der Waals surface area contributed by atoms with Gasteiger partial charge in [-0.3, -0.25) is 9.59 Å². The molecular weight excluding hydrogens is 250 g/mol. The zero-order valence-electron chi connectivity index (χ0n) is 11.9. The predicted molar refractivity (Wildman–Crippen MR) is 67.6 cm³/mol. The number of ketones is 1. The predicted octanol–water partition coefficient (Wildman–Crippen LogP) is 1.38. The van der Waals surface area contributed by atoms with Crippen LogP contribution in [0.25, 0.3) is 0 Å². The molecule has 0 N–H and O–H groups in total. The van der Waals surface area contributed by atoms with E-state index in [0.717, 1.165) is 0 Å². The number of esters is 1. The number of amides is 1. The number of hydrogen-bond donors (Lipinski definition) is 0. The molecule has 0 spiro atoms. The highest BCUT2D eigenvalue weighted by Gasteiger charge is 2.32. The zero-order chi connectivity index (χ0) is 14.6. The van der Waals surface area contributed by atoms with Crippen LogP contribution in [0.2, 0.25) is 0 Å². The Bertz CT molecular complexity index is 372. The Kier molecular flexibility index (Phi) is 4.91. The molecule has 0 saturated carbocycles. The third-order valence-corrected chi connectivity index (χ3v) is 2.76. The molecule has 1 heterocycles. The van der Waals surface area contributed by atoms with Crippen LogP contribution in [0.1, 0.15) is 33.6 Å². The molecule has 1 aliphatic heterocycles. The summed E-state index contributed by atoms with van der Waals surface area (Å²) in [5.74, 6) is -1.11. The van der Waals surface area contributed by atoms with E-state index >= 15 is 0 Å². The third-order valence-electron chi connectivity index (χ3n) is 2.76. The van der Waals surface area contributed by atoms with Gasteiger partial charge in [0.2, 0.25) is 0 Å². The summed E-state index contributed by atoms with van der Waals surface area (Å²) in [6.45, 7) is 5.75. The first-order valence-corrected chi connectivity index (χ1v) is 6.30. The Morgan fingerprint density at radius 3 is 2.47 bits per heavy atom. The molecule has 0 bridgehead atoms. The fourth-order valence-electron chi connectivity index (χ4n) is 1.88. The highest BCUT2D eigenvalue weighted by Crippen LogP contribution is 2.18. The van der Waals surface area contributed by atoms with Crippen molar-refractivity contribution in [2.24, 2.45) is 5.92 Å². The molecule has 1 unspecified atom stereocenters. The first-order valence-electron chi connectivity index (χ1n) is 6.30. The number of hydrogen-bond acceptors (Lipinski definition) is 5. The monoisotopic (exact) mass is 271 g/mol. The molecule has 6 nitrogen and oxygen atoms in total. The number of rotatable bonds is 1. The molecule has 1 saturated heterocycles. The topological polar surface area (TPSA) is 72.9 Å². The maximum absolute atomic E-state index is 12.0. The van der Waals surface area contributed by atoms with Gasteiger partial charge in [-0.1, -0.05) is 0 Å². The summed E-state index contributed by atoms with van der Waals surface area (Å²) >= 11 is 0. The summed E-state index contributed by atoms with van der Waals surface area (Å²) in [6, 6.07) is 0. The van der Waals surface area contributed by atoms with E-state index in [1.165, 1.54) is 12.0 Å². The normalized spacial score (nSPS) is 20.7. The number of likely N-dealkylation sites (tertiary alicyclic amines) is 1. The van der Waals surface area contributed by atoms with E-state index in [1.54, 1.807) is 20.8 Å². The maximum atomic E-state index is 12.0.